The van der Waals surface area contributed by atoms with Crippen molar-refractivity contribution < 1.29 is 9.90 Å². The predicted molar refractivity (Wildman–Crippen MR) is 76.3 cm³/mol. The van der Waals surface area contributed by atoms with Crippen LogP contribution in [-0.4, -0.2) is 36.6 Å². The second-order valence-corrected chi connectivity index (χ2v) is 6.75. The van der Waals surface area contributed by atoms with E-state index in [1.54, 1.807) is 11.3 Å². The predicted octanol–water partition coefficient (Wildman–Crippen LogP) is 2.15. The molecule has 1 aliphatic rings. The summed E-state index contributed by atoms with van der Waals surface area (Å²) in [6.07, 6.45) is 2.27. The summed E-state index contributed by atoms with van der Waals surface area (Å²) in [6, 6.07) is 0. The van der Waals surface area contributed by atoms with E-state index < -0.39 is 5.97 Å². The topological polar surface area (TPSA) is 80.9 Å². The maximum absolute atomic E-state index is 10.7. The molecule has 1 fully saturated rings. The number of carbonyl (C=O) groups is 1. The molecule has 2 aromatic heterocycles. The van der Waals surface area contributed by atoms with Gasteiger partial charge in [0.05, 0.1) is 23.0 Å². The zero-order chi connectivity index (χ0) is 14.1. The molecular formula is C12H14N4O2S2. The summed E-state index contributed by atoms with van der Waals surface area (Å²) in [5.74, 6) is 0.589. The van der Waals surface area contributed by atoms with E-state index in [4.69, 9.17) is 5.11 Å². The molecule has 0 saturated heterocycles. The molecule has 2 aromatic rings. The average Bonchev–Trinajstić information content (AvgIpc) is 3.05. The molecule has 1 aliphatic carbocycles. The van der Waals surface area contributed by atoms with E-state index in [9.17, 15) is 4.79 Å². The quantitative estimate of drug-likeness (QED) is 0.823. The molecule has 0 aliphatic heterocycles. The first kappa shape index (κ1) is 13.6. The summed E-state index contributed by atoms with van der Waals surface area (Å²) < 4.78 is 2.01. The molecule has 0 unspecified atom stereocenters. The van der Waals surface area contributed by atoms with Gasteiger partial charge in [0.2, 0.25) is 0 Å². The molecule has 1 N–H and O–H groups in total. The van der Waals surface area contributed by atoms with E-state index >= 15 is 0 Å². The van der Waals surface area contributed by atoms with Crippen molar-refractivity contribution in [3.8, 4) is 0 Å². The minimum atomic E-state index is -0.845. The summed E-state index contributed by atoms with van der Waals surface area (Å²) >= 11 is 2.83. The fraction of sp³-hybridized carbons (Fsp3) is 0.500. The second-order valence-electron chi connectivity index (χ2n) is 4.74. The van der Waals surface area contributed by atoms with Gasteiger partial charge in [0.15, 0.2) is 5.16 Å². The molecule has 8 heteroatoms. The number of aromatic nitrogens is 4. The molecular weight excluding hydrogens is 296 g/mol. The highest BCUT2D eigenvalue weighted by atomic mass is 32.2. The molecule has 0 amide bonds. The number of hydrogen-bond acceptors (Lipinski definition) is 6. The van der Waals surface area contributed by atoms with Gasteiger partial charge < -0.3 is 5.11 Å². The second kappa shape index (κ2) is 5.53. The Morgan fingerprint density at radius 1 is 1.55 bits per heavy atom. The van der Waals surface area contributed by atoms with Crippen LogP contribution in [0.5, 0.6) is 0 Å². The molecule has 0 atom stereocenters. The Balaban J connectivity index is 1.84. The van der Waals surface area contributed by atoms with Gasteiger partial charge in [-0.25, -0.2) is 4.98 Å². The van der Waals surface area contributed by atoms with Crippen LogP contribution in [0.1, 0.15) is 35.3 Å². The number of thiazole rings is 1. The first-order valence-corrected chi connectivity index (χ1v) is 8.18. The van der Waals surface area contributed by atoms with Gasteiger partial charge >= 0.3 is 5.97 Å². The summed E-state index contributed by atoms with van der Waals surface area (Å²) in [4.78, 5) is 15.2. The monoisotopic (exact) mass is 310 g/mol. The molecule has 0 bridgehead atoms. The molecule has 0 spiro atoms. The number of thioether (sulfide) groups is 1. The van der Waals surface area contributed by atoms with Gasteiger partial charge in [-0.05, 0) is 19.8 Å². The number of aryl methyl sites for hydroxylation is 1. The summed E-state index contributed by atoms with van der Waals surface area (Å²) in [5, 5.41) is 20.9. The van der Waals surface area contributed by atoms with Gasteiger partial charge in [0.1, 0.15) is 5.82 Å². The van der Waals surface area contributed by atoms with Crippen LogP contribution in [0.3, 0.4) is 0 Å². The number of nitrogens with zero attached hydrogens (tertiary/aromatic N) is 4. The zero-order valence-corrected chi connectivity index (χ0v) is 12.6. The van der Waals surface area contributed by atoms with Crippen molar-refractivity contribution in [1.29, 1.82) is 0 Å². The largest absolute Gasteiger partial charge is 0.481 e. The normalized spacial score (nSPS) is 14.7. The molecule has 3 rings (SSSR count). The van der Waals surface area contributed by atoms with E-state index in [1.165, 1.54) is 11.8 Å². The standard InChI is InChI=1S/C12H14N4O2S2/c1-7-13-9(5-19-7)4-16-11(8-2-3-8)14-15-12(16)20-6-10(17)18/h5,8H,2-4,6H2,1H3,(H,17,18). The zero-order valence-electron chi connectivity index (χ0n) is 10.9. The van der Waals surface area contributed by atoms with Crippen LogP contribution in [-0.2, 0) is 11.3 Å². The van der Waals surface area contributed by atoms with Gasteiger partial charge in [-0.3, -0.25) is 9.36 Å². The van der Waals surface area contributed by atoms with Crippen LogP contribution >= 0.6 is 23.1 Å². The van der Waals surface area contributed by atoms with Gasteiger partial charge in [0, 0.05) is 11.3 Å². The molecule has 106 valence electrons. The van der Waals surface area contributed by atoms with E-state index in [2.05, 4.69) is 15.2 Å². The smallest absolute Gasteiger partial charge is 0.313 e. The Kier molecular flexibility index (Phi) is 3.75. The fourth-order valence-corrected chi connectivity index (χ4v) is 3.24. The van der Waals surface area contributed by atoms with Crippen molar-refractivity contribution in [2.24, 2.45) is 0 Å². The maximum Gasteiger partial charge on any atom is 0.313 e. The van der Waals surface area contributed by atoms with E-state index in [0.29, 0.717) is 17.6 Å². The maximum atomic E-state index is 10.7. The van der Waals surface area contributed by atoms with Crippen LogP contribution in [0.4, 0.5) is 0 Å². The van der Waals surface area contributed by atoms with Crippen molar-refractivity contribution in [3.63, 3.8) is 0 Å². The lowest BCUT2D eigenvalue weighted by atomic mass is 10.4. The lowest BCUT2D eigenvalue weighted by Gasteiger charge is -2.07. The van der Waals surface area contributed by atoms with Gasteiger partial charge in [-0.2, -0.15) is 0 Å². The first-order valence-electron chi connectivity index (χ1n) is 6.32. The Bertz CT molecular complexity index is 633. The van der Waals surface area contributed by atoms with E-state index in [1.807, 2.05) is 16.9 Å². The number of carboxylic acids is 1. The Labute approximate surface area is 124 Å². The van der Waals surface area contributed by atoms with Crippen LogP contribution in [0.2, 0.25) is 0 Å². The minimum Gasteiger partial charge on any atom is -0.481 e. The highest BCUT2D eigenvalue weighted by Gasteiger charge is 2.30. The molecule has 1 saturated carbocycles. The van der Waals surface area contributed by atoms with Crippen molar-refractivity contribution >= 4 is 29.1 Å². The summed E-state index contributed by atoms with van der Waals surface area (Å²) in [5.41, 5.74) is 0.978. The number of carboxylic acid groups (broad SMARTS) is 1. The van der Waals surface area contributed by atoms with E-state index in [-0.39, 0.29) is 5.75 Å². The molecule has 0 radical (unpaired) electrons. The van der Waals surface area contributed by atoms with Crippen molar-refractivity contribution in [2.75, 3.05) is 5.75 Å². The van der Waals surface area contributed by atoms with Crippen LogP contribution in [0, 0.1) is 6.92 Å². The number of hydrogen-bond donors (Lipinski definition) is 1. The SMILES string of the molecule is Cc1nc(Cn2c(SCC(=O)O)nnc2C2CC2)cs1. The number of rotatable bonds is 6. The van der Waals surface area contributed by atoms with Gasteiger partial charge in [-0.1, -0.05) is 11.8 Å². The lowest BCUT2D eigenvalue weighted by molar-refractivity contribution is -0.133. The van der Waals surface area contributed by atoms with E-state index in [0.717, 1.165) is 29.4 Å². The molecule has 2 heterocycles. The highest BCUT2D eigenvalue weighted by molar-refractivity contribution is 7.99. The Hall–Kier alpha value is -1.41. The minimum absolute atomic E-state index is 0.00110. The van der Waals surface area contributed by atoms with Crippen molar-refractivity contribution in [2.45, 2.75) is 37.4 Å². The molecule has 0 aromatic carbocycles. The first-order chi connectivity index (χ1) is 9.63. The third-order valence-corrected chi connectivity index (χ3v) is 4.77. The van der Waals surface area contributed by atoms with Crippen molar-refractivity contribution in [3.05, 3.63) is 21.9 Å². The molecule has 6 nitrogen and oxygen atoms in total. The van der Waals surface area contributed by atoms with Crippen molar-refractivity contribution in [1.82, 2.24) is 19.7 Å². The Morgan fingerprint density at radius 2 is 2.35 bits per heavy atom. The summed E-state index contributed by atoms with van der Waals surface area (Å²) in [7, 11) is 0. The van der Waals surface area contributed by atoms with Crippen LogP contribution in [0.15, 0.2) is 10.5 Å². The van der Waals surface area contributed by atoms with Gasteiger partial charge in [-0.15, -0.1) is 21.5 Å². The fourth-order valence-electron chi connectivity index (χ4n) is 1.97. The Morgan fingerprint density at radius 3 is 2.95 bits per heavy atom. The summed E-state index contributed by atoms with van der Waals surface area (Å²) in [6.45, 7) is 2.59. The van der Waals surface area contributed by atoms with Crippen LogP contribution in [0.25, 0.3) is 0 Å². The van der Waals surface area contributed by atoms with Crippen LogP contribution < -0.4 is 0 Å². The lowest BCUT2D eigenvalue weighted by Crippen LogP contribution is -2.07. The molecule has 20 heavy (non-hydrogen) atoms. The third-order valence-electron chi connectivity index (χ3n) is 3.00. The third kappa shape index (κ3) is 3.01. The number of aliphatic carboxylic acids is 1. The highest BCUT2D eigenvalue weighted by Crippen LogP contribution is 2.40. The van der Waals surface area contributed by atoms with Gasteiger partial charge in [0.25, 0.3) is 0 Å². The average molecular weight is 310 g/mol.